The Hall–Kier alpha value is -4.63. The number of benzene rings is 2. The molecular weight excluding hydrogens is 488 g/mol. The normalized spacial score (nSPS) is 10.1. The Kier molecular flexibility index (Phi) is 9.19. The fraction of sp³-hybridized carbons (Fsp3) is 0.217. The lowest BCUT2D eigenvalue weighted by atomic mass is 10.2. The van der Waals surface area contributed by atoms with Crippen LogP contribution in [-0.4, -0.2) is 52.5 Å². The standard InChI is InChI=1S/C23H23ClN8O4/c1-3-9-26-21-29-22(31-23(30-21)28-14-15-5-4-6-17(12-15)36-2)27-11-10-25-20(33)18-13-16(32(34)35)7-8-19(18)24/h1,4-8,12-13H,9-11,14H2,2H3,(H,25,33)(H3,26,27,28,29,30,31). The summed E-state index contributed by atoms with van der Waals surface area (Å²) in [7, 11) is 1.60. The molecule has 1 amide bonds. The quantitative estimate of drug-likeness (QED) is 0.124. The van der Waals surface area contributed by atoms with Gasteiger partial charge in [0.25, 0.3) is 11.6 Å². The summed E-state index contributed by atoms with van der Waals surface area (Å²) in [5.74, 6) is 3.47. The number of nitro benzene ring substituents is 1. The van der Waals surface area contributed by atoms with E-state index in [0.717, 1.165) is 17.4 Å². The highest BCUT2D eigenvalue weighted by atomic mass is 35.5. The molecule has 0 saturated heterocycles. The number of terminal acetylenes is 1. The molecule has 3 rings (SSSR count). The number of amides is 1. The number of non-ortho nitro benzene ring substituents is 1. The number of methoxy groups -OCH3 is 1. The molecule has 36 heavy (non-hydrogen) atoms. The average molecular weight is 511 g/mol. The predicted octanol–water partition coefficient (Wildman–Crippen LogP) is 2.94. The van der Waals surface area contributed by atoms with Crippen molar-refractivity contribution >= 4 is 41.0 Å². The maximum Gasteiger partial charge on any atom is 0.270 e. The number of rotatable bonds is 12. The van der Waals surface area contributed by atoms with Crippen LogP contribution in [0.25, 0.3) is 0 Å². The van der Waals surface area contributed by atoms with Gasteiger partial charge >= 0.3 is 0 Å². The van der Waals surface area contributed by atoms with Crippen LogP contribution >= 0.6 is 11.6 Å². The Balaban J connectivity index is 1.61. The number of hydrogen-bond acceptors (Lipinski definition) is 10. The Morgan fingerprint density at radius 3 is 2.50 bits per heavy atom. The molecule has 0 atom stereocenters. The van der Waals surface area contributed by atoms with Gasteiger partial charge in [-0.2, -0.15) is 15.0 Å². The number of nitro groups is 1. The molecule has 0 aliphatic rings. The van der Waals surface area contributed by atoms with Crippen LogP contribution in [0.4, 0.5) is 23.5 Å². The van der Waals surface area contributed by atoms with E-state index in [-0.39, 0.29) is 47.8 Å². The van der Waals surface area contributed by atoms with Crippen molar-refractivity contribution in [2.75, 3.05) is 42.7 Å². The molecule has 0 aliphatic heterocycles. The van der Waals surface area contributed by atoms with Crippen molar-refractivity contribution in [3.8, 4) is 18.1 Å². The minimum absolute atomic E-state index is 0.0100. The van der Waals surface area contributed by atoms with E-state index in [9.17, 15) is 14.9 Å². The molecule has 0 fully saturated rings. The van der Waals surface area contributed by atoms with E-state index < -0.39 is 10.8 Å². The summed E-state index contributed by atoms with van der Waals surface area (Å²) in [5, 5.41) is 22.8. The Bertz CT molecular complexity index is 1280. The first-order valence-corrected chi connectivity index (χ1v) is 11.0. The van der Waals surface area contributed by atoms with Crippen molar-refractivity contribution in [1.82, 2.24) is 20.3 Å². The summed E-state index contributed by atoms with van der Waals surface area (Å²) in [5.41, 5.74) is 0.745. The number of carbonyl (C=O) groups is 1. The van der Waals surface area contributed by atoms with Crippen molar-refractivity contribution < 1.29 is 14.5 Å². The van der Waals surface area contributed by atoms with Gasteiger partial charge in [-0.05, 0) is 23.8 Å². The van der Waals surface area contributed by atoms with Gasteiger partial charge in [0, 0.05) is 31.8 Å². The fourth-order valence-corrected chi connectivity index (χ4v) is 3.16. The van der Waals surface area contributed by atoms with Gasteiger partial charge in [0.1, 0.15) is 5.75 Å². The van der Waals surface area contributed by atoms with E-state index in [4.69, 9.17) is 22.8 Å². The summed E-state index contributed by atoms with van der Waals surface area (Å²) in [6.07, 6.45) is 5.31. The molecule has 0 saturated carbocycles. The van der Waals surface area contributed by atoms with E-state index in [0.29, 0.717) is 12.5 Å². The molecule has 3 aromatic rings. The van der Waals surface area contributed by atoms with Gasteiger partial charge in [-0.3, -0.25) is 14.9 Å². The summed E-state index contributed by atoms with van der Waals surface area (Å²) in [4.78, 5) is 35.7. The molecule has 0 unspecified atom stereocenters. The molecule has 1 aromatic heterocycles. The van der Waals surface area contributed by atoms with Crippen molar-refractivity contribution in [2.45, 2.75) is 6.54 Å². The third kappa shape index (κ3) is 7.44. The monoisotopic (exact) mass is 510 g/mol. The van der Waals surface area contributed by atoms with E-state index in [1.807, 2.05) is 24.3 Å². The van der Waals surface area contributed by atoms with Crippen molar-refractivity contribution in [2.24, 2.45) is 0 Å². The van der Waals surface area contributed by atoms with Crippen LogP contribution < -0.4 is 26.0 Å². The van der Waals surface area contributed by atoms with Gasteiger partial charge in [0.15, 0.2) is 0 Å². The minimum atomic E-state index is -0.596. The molecule has 0 bridgehead atoms. The largest absolute Gasteiger partial charge is 0.497 e. The average Bonchev–Trinajstić information content (AvgIpc) is 2.88. The Labute approximate surface area is 212 Å². The number of aromatic nitrogens is 3. The van der Waals surface area contributed by atoms with Crippen molar-refractivity contribution in [3.63, 3.8) is 0 Å². The molecular formula is C23H23ClN8O4. The zero-order chi connectivity index (χ0) is 25.9. The van der Waals surface area contributed by atoms with Crippen LogP contribution in [0, 0.1) is 22.5 Å². The maximum absolute atomic E-state index is 12.4. The van der Waals surface area contributed by atoms with Gasteiger partial charge < -0.3 is 26.0 Å². The van der Waals surface area contributed by atoms with Crippen molar-refractivity contribution in [1.29, 1.82) is 0 Å². The Morgan fingerprint density at radius 1 is 1.08 bits per heavy atom. The molecule has 12 nitrogen and oxygen atoms in total. The number of nitrogens with zero attached hydrogens (tertiary/aromatic N) is 4. The van der Waals surface area contributed by atoms with Gasteiger partial charge in [-0.1, -0.05) is 29.7 Å². The highest BCUT2D eigenvalue weighted by Crippen LogP contribution is 2.22. The zero-order valence-electron chi connectivity index (χ0n) is 19.2. The van der Waals surface area contributed by atoms with Crippen molar-refractivity contribution in [3.05, 3.63) is 68.7 Å². The van der Waals surface area contributed by atoms with Crippen LogP contribution in [-0.2, 0) is 6.54 Å². The second-order valence-electron chi connectivity index (χ2n) is 7.17. The van der Waals surface area contributed by atoms with Crippen LogP contribution in [0.1, 0.15) is 15.9 Å². The summed E-state index contributed by atoms with van der Waals surface area (Å²) >= 11 is 6.01. The second kappa shape index (κ2) is 12.7. The topological polar surface area (TPSA) is 156 Å². The molecule has 0 spiro atoms. The molecule has 13 heteroatoms. The lowest BCUT2D eigenvalue weighted by Gasteiger charge is -2.12. The predicted molar refractivity (Wildman–Crippen MR) is 136 cm³/mol. The van der Waals surface area contributed by atoms with Crippen LogP contribution in [0.2, 0.25) is 5.02 Å². The zero-order valence-corrected chi connectivity index (χ0v) is 20.0. The molecule has 1 heterocycles. The van der Waals surface area contributed by atoms with E-state index in [1.165, 1.54) is 12.1 Å². The number of carbonyl (C=O) groups excluding carboxylic acids is 1. The first kappa shape index (κ1) is 26.0. The van der Waals surface area contributed by atoms with E-state index >= 15 is 0 Å². The third-order valence-electron chi connectivity index (χ3n) is 4.67. The molecule has 4 N–H and O–H groups in total. The lowest BCUT2D eigenvalue weighted by molar-refractivity contribution is -0.384. The van der Waals surface area contributed by atoms with Gasteiger partial charge in [-0.15, -0.1) is 6.42 Å². The van der Waals surface area contributed by atoms with Crippen LogP contribution in [0.3, 0.4) is 0 Å². The summed E-state index contributed by atoms with van der Waals surface area (Å²) < 4.78 is 5.24. The van der Waals surface area contributed by atoms with Gasteiger partial charge in [0.2, 0.25) is 17.8 Å². The highest BCUT2D eigenvalue weighted by Gasteiger charge is 2.15. The molecule has 2 aromatic carbocycles. The second-order valence-corrected chi connectivity index (χ2v) is 7.58. The highest BCUT2D eigenvalue weighted by molar-refractivity contribution is 6.33. The van der Waals surface area contributed by atoms with Gasteiger partial charge in [0.05, 0.1) is 29.2 Å². The summed E-state index contributed by atoms with van der Waals surface area (Å²) in [6, 6.07) is 11.2. The number of hydrogen-bond donors (Lipinski definition) is 4. The Morgan fingerprint density at radius 2 is 1.81 bits per heavy atom. The summed E-state index contributed by atoms with van der Waals surface area (Å²) in [6.45, 7) is 1.09. The van der Waals surface area contributed by atoms with Crippen LogP contribution in [0.5, 0.6) is 5.75 Å². The number of halogens is 1. The maximum atomic E-state index is 12.4. The number of anilines is 3. The molecule has 186 valence electrons. The molecule has 0 aliphatic carbocycles. The van der Waals surface area contributed by atoms with E-state index in [1.54, 1.807) is 7.11 Å². The first-order chi connectivity index (χ1) is 17.4. The lowest BCUT2D eigenvalue weighted by Crippen LogP contribution is -2.29. The van der Waals surface area contributed by atoms with Gasteiger partial charge in [-0.25, -0.2) is 0 Å². The van der Waals surface area contributed by atoms with Crippen LogP contribution in [0.15, 0.2) is 42.5 Å². The fourth-order valence-electron chi connectivity index (χ4n) is 2.95. The SMILES string of the molecule is C#CCNc1nc(NCCNC(=O)c2cc([N+](=O)[O-])ccc2Cl)nc(NCc2cccc(OC)c2)n1. The molecule has 0 radical (unpaired) electrons. The smallest absolute Gasteiger partial charge is 0.270 e. The number of nitrogens with one attached hydrogen (secondary N) is 4. The third-order valence-corrected chi connectivity index (χ3v) is 5.00. The van der Waals surface area contributed by atoms with E-state index in [2.05, 4.69) is 42.1 Å². The first-order valence-electron chi connectivity index (χ1n) is 10.7. The minimum Gasteiger partial charge on any atom is -0.497 e. The number of ether oxygens (including phenoxy) is 1.